The van der Waals surface area contributed by atoms with Gasteiger partial charge in [-0.2, -0.15) is 5.10 Å². The van der Waals surface area contributed by atoms with Crippen LogP contribution in [-0.4, -0.2) is 32.6 Å². The third-order valence-electron chi connectivity index (χ3n) is 4.21. The van der Waals surface area contributed by atoms with Crippen molar-refractivity contribution < 1.29 is 4.79 Å². The number of amides is 1. The smallest absolute Gasteiger partial charge is 0.250 e. The maximum atomic E-state index is 12.2. The molecule has 0 unspecified atom stereocenters. The first-order valence-electron chi connectivity index (χ1n) is 9.27. The quantitative estimate of drug-likeness (QED) is 0.264. The van der Waals surface area contributed by atoms with Crippen molar-refractivity contribution in [1.29, 1.82) is 0 Å². The molecule has 4 rings (SSSR count). The minimum absolute atomic E-state index is 0.181. The number of carbonyl (C=O) groups is 1. The average molecular weight is 434 g/mol. The minimum Gasteiger partial charge on any atom is -0.272 e. The molecule has 0 bridgehead atoms. The largest absolute Gasteiger partial charge is 0.272 e. The summed E-state index contributed by atoms with van der Waals surface area (Å²) in [5, 5.41) is 15.3. The predicted molar refractivity (Wildman–Crippen MR) is 122 cm³/mol. The first kappa shape index (κ1) is 20.1. The van der Waals surface area contributed by atoms with Crippen LogP contribution in [-0.2, 0) is 4.79 Å². The van der Waals surface area contributed by atoms with Gasteiger partial charge < -0.3 is 0 Å². The molecular weight excluding hydrogens is 414 g/mol. The lowest BCUT2D eigenvalue weighted by molar-refractivity contribution is -0.118. The predicted octanol–water partition coefficient (Wildman–Crippen LogP) is 4.55. The molecule has 1 amide bonds. The molecule has 0 fully saturated rings. The van der Waals surface area contributed by atoms with Crippen molar-refractivity contribution in [2.45, 2.75) is 12.1 Å². The Kier molecular flexibility index (Phi) is 6.36. The van der Waals surface area contributed by atoms with Gasteiger partial charge >= 0.3 is 0 Å². The van der Waals surface area contributed by atoms with E-state index in [9.17, 15) is 4.79 Å². The molecule has 2 heterocycles. The second kappa shape index (κ2) is 9.51. The van der Waals surface area contributed by atoms with E-state index in [2.05, 4.69) is 20.7 Å². The van der Waals surface area contributed by atoms with Crippen LogP contribution in [0.2, 0.25) is 0 Å². The Morgan fingerprint density at radius 2 is 1.90 bits per heavy atom. The number of thioether (sulfide) groups is 1. The molecule has 0 saturated heterocycles. The van der Waals surface area contributed by atoms with Crippen LogP contribution in [0.4, 0.5) is 0 Å². The zero-order chi connectivity index (χ0) is 20.8. The zero-order valence-electron chi connectivity index (χ0n) is 16.2. The van der Waals surface area contributed by atoms with E-state index in [-0.39, 0.29) is 11.7 Å². The maximum absolute atomic E-state index is 12.2. The lowest BCUT2D eigenvalue weighted by atomic mass is 10.2. The van der Waals surface area contributed by atoms with Gasteiger partial charge in [-0.1, -0.05) is 65.9 Å². The van der Waals surface area contributed by atoms with Crippen molar-refractivity contribution in [2.75, 3.05) is 5.75 Å². The third-order valence-corrected chi connectivity index (χ3v) is 5.95. The van der Waals surface area contributed by atoms with Crippen molar-refractivity contribution in [3.63, 3.8) is 0 Å². The van der Waals surface area contributed by atoms with Crippen molar-refractivity contribution in [3.05, 3.63) is 82.6 Å². The topological polar surface area (TPSA) is 72.2 Å². The van der Waals surface area contributed by atoms with E-state index in [0.717, 1.165) is 22.0 Å². The number of hydrogen-bond acceptors (Lipinski definition) is 6. The lowest BCUT2D eigenvalue weighted by Crippen LogP contribution is -2.19. The molecule has 4 aromatic rings. The molecular formula is C22H19N5OS2. The highest BCUT2D eigenvalue weighted by atomic mass is 32.2. The summed E-state index contributed by atoms with van der Waals surface area (Å²) >= 11 is 2.88. The number of nitrogens with zero attached hydrogens (tertiary/aromatic N) is 4. The second-order valence-corrected chi connectivity index (χ2v) is 8.36. The van der Waals surface area contributed by atoms with Gasteiger partial charge in [0, 0.05) is 16.1 Å². The van der Waals surface area contributed by atoms with E-state index in [1.807, 2.05) is 83.6 Å². The summed E-state index contributed by atoms with van der Waals surface area (Å²) in [6.45, 7) is 2.05. The zero-order valence-corrected chi connectivity index (χ0v) is 17.9. The summed E-state index contributed by atoms with van der Waals surface area (Å²) in [7, 11) is 0. The van der Waals surface area contributed by atoms with Gasteiger partial charge in [0.25, 0.3) is 5.91 Å². The van der Waals surface area contributed by atoms with Crippen LogP contribution in [0, 0.1) is 6.92 Å². The van der Waals surface area contributed by atoms with Gasteiger partial charge in [0.2, 0.25) is 0 Å². The average Bonchev–Trinajstić information content (AvgIpc) is 3.43. The van der Waals surface area contributed by atoms with Gasteiger partial charge in [-0.05, 0) is 30.5 Å². The normalized spacial score (nSPS) is 11.1. The molecule has 0 aliphatic rings. The highest BCUT2D eigenvalue weighted by Gasteiger charge is 2.17. The number of aromatic nitrogens is 3. The van der Waals surface area contributed by atoms with Crippen molar-refractivity contribution >= 4 is 35.2 Å². The molecule has 2 aromatic heterocycles. The minimum atomic E-state index is -0.201. The molecule has 150 valence electrons. The van der Waals surface area contributed by atoms with Crippen LogP contribution < -0.4 is 5.43 Å². The summed E-state index contributed by atoms with van der Waals surface area (Å²) in [6, 6.07) is 21.9. The van der Waals surface area contributed by atoms with E-state index < -0.39 is 0 Å². The van der Waals surface area contributed by atoms with Crippen LogP contribution >= 0.6 is 23.1 Å². The molecule has 0 radical (unpaired) electrons. The highest BCUT2D eigenvalue weighted by molar-refractivity contribution is 7.99. The molecule has 0 atom stereocenters. The summed E-state index contributed by atoms with van der Waals surface area (Å²) in [5.74, 6) is 0.714. The number of nitrogens with one attached hydrogen (secondary N) is 1. The fraction of sp³-hybridized carbons (Fsp3) is 0.0909. The van der Waals surface area contributed by atoms with Crippen molar-refractivity contribution in [2.24, 2.45) is 5.10 Å². The van der Waals surface area contributed by atoms with E-state index in [1.165, 1.54) is 17.3 Å². The van der Waals surface area contributed by atoms with Crippen LogP contribution in [0.3, 0.4) is 0 Å². The fourth-order valence-corrected chi connectivity index (χ4v) is 4.09. The Morgan fingerprint density at radius 3 is 2.63 bits per heavy atom. The summed E-state index contributed by atoms with van der Waals surface area (Å²) < 4.78 is 1.97. The highest BCUT2D eigenvalue weighted by Crippen LogP contribution is 2.28. The molecule has 6 nitrogen and oxygen atoms in total. The molecule has 0 saturated carbocycles. The van der Waals surface area contributed by atoms with Crippen LogP contribution in [0.5, 0.6) is 0 Å². The third kappa shape index (κ3) is 4.84. The standard InChI is InChI=1S/C22H19N5OS2/c1-16-9-11-18(12-10-16)27-21(17-6-3-2-4-7-17)25-26-22(27)30-15-20(28)24-23-14-19-8-5-13-29-19/h2-14H,15H2,1H3,(H,24,28)/b23-14-. The van der Waals surface area contributed by atoms with Crippen molar-refractivity contribution in [1.82, 2.24) is 20.2 Å². The number of carbonyl (C=O) groups excluding carboxylic acids is 1. The SMILES string of the molecule is Cc1ccc(-n2c(SCC(=O)N/N=C\c3cccs3)nnc2-c2ccccc2)cc1. The van der Waals surface area contributed by atoms with Gasteiger partial charge in [0.05, 0.1) is 12.0 Å². The number of hydrogen-bond donors (Lipinski definition) is 1. The first-order valence-corrected chi connectivity index (χ1v) is 11.1. The Morgan fingerprint density at radius 1 is 1.10 bits per heavy atom. The second-order valence-electron chi connectivity index (χ2n) is 6.44. The molecule has 30 heavy (non-hydrogen) atoms. The van der Waals surface area contributed by atoms with Gasteiger partial charge in [-0.3, -0.25) is 9.36 Å². The van der Waals surface area contributed by atoms with E-state index >= 15 is 0 Å². The number of thiophene rings is 1. The monoisotopic (exact) mass is 433 g/mol. The van der Waals surface area contributed by atoms with Gasteiger partial charge in [-0.15, -0.1) is 21.5 Å². The molecule has 0 aliphatic heterocycles. The maximum Gasteiger partial charge on any atom is 0.250 e. The molecule has 0 aliphatic carbocycles. The van der Waals surface area contributed by atoms with Gasteiger partial charge in [-0.25, -0.2) is 5.43 Å². The number of benzene rings is 2. The number of aryl methyl sites for hydroxylation is 1. The van der Waals surface area contributed by atoms with E-state index in [0.29, 0.717) is 5.16 Å². The fourth-order valence-electron chi connectivity index (χ4n) is 2.76. The summed E-state index contributed by atoms with van der Waals surface area (Å²) in [5.41, 5.74) is 5.63. The van der Waals surface area contributed by atoms with Gasteiger partial charge in [0.15, 0.2) is 11.0 Å². The van der Waals surface area contributed by atoms with E-state index in [1.54, 1.807) is 17.6 Å². The molecule has 1 N–H and O–H groups in total. The van der Waals surface area contributed by atoms with Crippen LogP contribution in [0.15, 0.2) is 82.4 Å². The van der Waals surface area contributed by atoms with Gasteiger partial charge in [0.1, 0.15) is 0 Å². The van der Waals surface area contributed by atoms with Crippen molar-refractivity contribution in [3.8, 4) is 17.1 Å². The number of rotatable bonds is 7. The van der Waals surface area contributed by atoms with Crippen LogP contribution in [0.25, 0.3) is 17.1 Å². The Hall–Kier alpha value is -3.23. The summed E-state index contributed by atoms with van der Waals surface area (Å²) in [6.07, 6.45) is 1.63. The summed E-state index contributed by atoms with van der Waals surface area (Å²) in [4.78, 5) is 13.2. The Bertz CT molecular complexity index is 1140. The Labute approximate surface area is 182 Å². The lowest BCUT2D eigenvalue weighted by Gasteiger charge is -2.10. The molecule has 2 aromatic carbocycles. The first-order chi connectivity index (χ1) is 14.7. The number of hydrazone groups is 1. The molecule has 0 spiro atoms. The van der Waals surface area contributed by atoms with Crippen LogP contribution in [0.1, 0.15) is 10.4 Å². The Balaban J connectivity index is 1.53. The molecule has 8 heteroatoms. The van der Waals surface area contributed by atoms with E-state index in [4.69, 9.17) is 0 Å².